The van der Waals surface area contributed by atoms with E-state index in [1.807, 2.05) is 19.1 Å². The van der Waals surface area contributed by atoms with Gasteiger partial charge < -0.3 is 10.6 Å². The summed E-state index contributed by atoms with van der Waals surface area (Å²) in [6.45, 7) is 1.91. The summed E-state index contributed by atoms with van der Waals surface area (Å²) in [6.07, 6.45) is 3.16. The average molecular weight is 276 g/mol. The Morgan fingerprint density at radius 3 is 2.79 bits per heavy atom. The van der Waals surface area contributed by atoms with Crippen molar-refractivity contribution in [1.29, 1.82) is 0 Å². The SMILES string of the molecule is CNc1ccncc1C(=O)Nc1ccc(C)c(Cl)c1. The molecular formula is C14H14ClN3O. The number of rotatable bonds is 3. The Balaban J connectivity index is 2.23. The van der Waals surface area contributed by atoms with Gasteiger partial charge >= 0.3 is 0 Å². The number of carbonyl (C=O) groups is 1. The summed E-state index contributed by atoms with van der Waals surface area (Å²) in [5.74, 6) is -0.225. The first kappa shape index (κ1) is 13.4. The number of hydrogen-bond acceptors (Lipinski definition) is 3. The molecule has 0 atom stereocenters. The fourth-order valence-electron chi connectivity index (χ4n) is 1.66. The van der Waals surface area contributed by atoms with Gasteiger partial charge in [0.05, 0.1) is 5.56 Å². The molecule has 0 aliphatic heterocycles. The monoisotopic (exact) mass is 275 g/mol. The third-order valence-corrected chi connectivity index (χ3v) is 3.17. The van der Waals surface area contributed by atoms with E-state index in [2.05, 4.69) is 15.6 Å². The quantitative estimate of drug-likeness (QED) is 0.903. The van der Waals surface area contributed by atoms with Crippen LogP contribution in [0.25, 0.3) is 0 Å². The summed E-state index contributed by atoms with van der Waals surface area (Å²) in [7, 11) is 1.76. The van der Waals surface area contributed by atoms with Crippen molar-refractivity contribution in [2.45, 2.75) is 6.92 Å². The summed E-state index contributed by atoms with van der Waals surface area (Å²) in [4.78, 5) is 16.1. The molecule has 0 radical (unpaired) electrons. The number of aryl methyl sites for hydroxylation is 1. The zero-order valence-electron chi connectivity index (χ0n) is 10.7. The summed E-state index contributed by atoms with van der Waals surface area (Å²) >= 11 is 6.03. The molecule has 0 spiro atoms. The number of anilines is 2. The van der Waals surface area contributed by atoms with Crippen LogP contribution in [0, 0.1) is 6.92 Å². The van der Waals surface area contributed by atoms with Gasteiger partial charge in [0.25, 0.3) is 5.91 Å². The number of benzene rings is 1. The van der Waals surface area contributed by atoms with Crippen LogP contribution in [-0.2, 0) is 0 Å². The van der Waals surface area contributed by atoms with Crippen LogP contribution in [0.15, 0.2) is 36.7 Å². The second-order valence-electron chi connectivity index (χ2n) is 4.09. The molecular weight excluding hydrogens is 262 g/mol. The van der Waals surface area contributed by atoms with Crippen LogP contribution in [0.1, 0.15) is 15.9 Å². The largest absolute Gasteiger partial charge is 0.387 e. The fourth-order valence-corrected chi connectivity index (χ4v) is 1.84. The Morgan fingerprint density at radius 2 is 2.11 bits per heavy atom. The van der Waals surface area contributed by atoms with Gasteiger partial charge in [-0.15, -0.1) is 0 Å². The van der Waals surface area contributed by atoms with E-state index >= 15 is 0 Å². The molecule has 1 amide bonds. The number of aromatic nitrogens is 1. The van der Waals surface area contributed by atoms with Gasteiger partial charge in [0.1, 0.15) is 0 Å². The summed E-state index contributed by atoms with van der Waals surface area (Å²) in [6, 6.07) is 7.15. The molecule has 0 saturated carbocycles. The number of halogens is 1. The lowest BCUT2D eigenvalue weighted by molar-refractivity contribution is 0.102. The number of nitrogens with zero attached hydrogens (tertiary/aromatic N) is 1. The van der Waals surface area contributed by atoms with Gasteiger partial charge in [-0.1, -0.05) is 17.7 Å². The van der Waals surface area contributed by atoms with Crippen molar-refractivity contribution in [3.8, 4) is 0 Å². The maximum Gasteiger partial charge on any atom is 0.259 e. The van der Waals surface area contributed by atoms with E-state index in [9.17, 15) is 4.79 Å². The Morgan fingerprint density at radius 1 is 1.32 bits per heavy atom. The molecule has 0 saturated heterocycles. The maximum absolute atomic E-state index is 12.2. The molecule has 2 N–H and O–H groups in total. The number of carbonyl (C=O) groups excluding carboxylic acids is 1. The van der Waals surface area contributed by atoms with Crippen molar-refractivity contribution in [3.05, 3.63) is 52.8 Å². The number of pyridine rings is 1. The van der Waals surface area contributed by atoms with Crippen molar-refractivity contribution in [1.82, 2.24) is 4.98 Å². The van der Waals surface area contributed by atoms with E-state index in [1.54, 1.807) is 25.4 Å². The van der Waals surface area contributed by atoms with Crippen molar-refractivity contribution in [2.75, 3.05) is 17.7 Å². The average Bonchev–Trinajstić information content (AvgIpc) is 2.43. The molecule has 2 rings (SSSR count). The Bertz CT molecular complexity index is 613. The molecule has 1 heterocycles. The maximum atomic E-state index is 12.2. The molecule has 0 aliphatic carbocycles. The minimum atomic E-state index is -0.225. The van der Waals surface area contributed by atoms with Crippen molar-refractivity contribution >= 4 is 28.9 Å². The number of amides is 1. The predicted molar refractivity (Wildman–Crippen MR) is 77.9 cm³/mol. The second-order valence-corrected chi connectivity index (χ2v) is 4.50. The molecule has 0 unspecified atom stereocenters. The van der Waals surface area contributed by atoms with Gasteiger partial charge in [0.2, 0.25) is 0 Å². The molecule has 0 bridgehead atoms. The molecule has 1 aromatic carbocycles. The van der Waals surface area contributed by atoms with Crippen LogP contribution in [0.2, 0.25) is 5.02 Å². The van der Waals surface area contributed by atoms with Crippen LogP contribution in [0.3, 0.4) is 0 Å². The molecule has 5 heteroatoms. The standard InChI is InChI=1S/C14H14ClN3O/c1-9-3-4-10(7-12(9)15)18-14(19)11-8-17-6-5-13(11)16-2/h3-8H,1-2H3,(H,16,17)(H,18,19). The first-order valence-electron chi connectivity index (χ1n) is 5.81. The Labute approximate surface area is 116 Å². The third kappa shape index (κ3) is 3.03. The Hall–Kier alpha value is -2.07. The smallest absolute Gasteiger partial charge is 0.259 e. The lowest BCUT2D eigenvalue weighted by atomic mass is 10.2. The highest BCUT2D eigenvalue weighted by molar-refractivity contribution is 6.31. The van der Waals surface area contributed by atoms with Crippen LogP contribution in [0.5, 0.6) is 0 Å². The zero-order valence-corrected chi connectivity index (χ0v) is 11.5. The first-order chi connectivity index (χ1) is 9.11. The minimum Gasteiger partial charge on any atom is -0.387 e. The van der Waals surface area contributed by atoms with Gasteiger partial charge in [-0.05, 0) is 30.7 Å². The molecule has 2 aromatic rings. The highest BCUT2D eigenvalue weighted by Crippen LogP contribution is 2.21. The van der Waals surface area contributed by atoms with Gasteiger partial charge in [0.15, 0.2) is 0 Å². The van der Waals surface area contributed by atoms with Crippen molar-refractivity contribution < 1.29 is 4.79 Å². The van der Waals surface area contributed by atoms with E-state index in [1.165, 1.54) is 6.20 Å². The summed E-state index contributed by atoms with van der Waals surface area (Å²) in [5.41, 5.74) is 2.84. The highest BCUT2D eigenvalue weighted by Gasteiger charge is 2.11. The van der Waals surface area contributed by atoms with Crippen LogP contribution in [-0.4, -0.2) is 17.9 Å². The predicted octanol–water partition coefficient (Wildman–Crippen LogP) is 3.34. The number of nitrogens with one attached hydrogen (secondary N) is 2. The molecule has 19 heavy (non-hydrogen) atoms. The van der Waals surface area contributed by atoms with Gasteiger partial charge in [-0.2, -0.15) is 0 Å². The zero-order chi connectivity index (χ0) is 13.8. The van der Waals surface area contributed by atoms with E-state index in [-0.39, 0.29) is 5.91 Å². The number of hydrogen-bond donors (Lipinski definition) is 2. The van der Waals surface area contributed by atoms with Gasteiger partial charge in [0, 0.05) is 35.8 Å². The highest BCUT2D eigenvalue weighted by atomic mass is 35.5. The topological polar surface area (TPSA) is 54.0 Å². The minimum absolute atomic E-state index is 0.225. The molecule has 4 nitrogen and oxygen atoms in total. The molecule has 98 valence electrons. The van der Waals surface area contributed by atoms with Crippen LogP contribution >= 0.6 is 11.6 Å². The third-order valence-electron chi connectivity index (χ3n) is 2.76. The summed E-state index contributed by atoms with van der Waals surface area (Å²) in [5, 5.41) is 6.38. The first-order valence-corrected chi connectivity index (χ1v) is 6.19. The molecule has 1 aromatic heterocycles. The van der Waals surface area contributed by atoms with Gasteiger partial charge in [-0.25, -0.2) is 0 Å². The van der Waals surface area contributed by atoms with Crippen molar-refractivity contribution in [3.63, 3.8) is 0 Å². The molecule has 0 fully saturated rings. The van der Waals surface area contributed by atoms with E-state index in [0.29, 0.717) is 16.3 Å². The van der Waals surface area contributed by atoms with Crippen molar-refractivity contribution in [2.24, 2.45) is 0 Å². The fraction of sp³-hybridized carbons (Fsp3) is 0.143. The second kappa shape index (κ2) is 5.71. The Kier molecular flexibility index (Phi) is 4.02. The van der Waals surface area contributed by atoms with E-state index in [4.69, 9.17) is 11.6 Å². The van der Waals surface area contributed by atoms with Gasteiger partial charge in [-0.3, -0.25) is 9.78 Å². The lowest BCUT2D eigenvalue weighted by Crippen LogP contribution is -2.14. The summed E-state index contributed by atoms with van der Waals surface area (Å²) < 4.78 is 0. The lowest BCUT2D eigenvalue weighted by Gasteiger charge is -2.10. The van der Waals surface area contributed by atoms with E-state index < -0.39 is 0 Å². The van der Waals surface area contributed by atoms with E-state index in [0.717, 1.165) is 11.3 Å². The normalized spacial score (nSPS) is 10.1. The van der Waals surface area contributed by atoms with Crippen LogP contribution < -0.4 is 10.6 Å². The molecule has 0 aliphatic rings. The van der Waals surface area contributed by atoms with Crippen LogP contribution in [0.4, 0.5) is 11.4 Å².